The van der Waals surface area contributed by atoms with Crippen LogP contribution in [0.2, 0.25) is 0 Å². The van der Waals surface area contributed by atoms with Gasteiger partial charge >= 0.3 is 0 Å². The summed E-state index contributed by atoms with van der Waals surface area (Å²) in [5.41, 5.74) is 3.29. The number of halogens is 1. The maximum absolute atomic E-state index is 14.1. The molecule has 1 saturated carbocycles. The third-order valence-corrected chi connectivity index (χ3v) is 5.66. The highest BCUT2D eigenvalue weighted by Crippen LogP contribution is 2.20. The Hall–Kier alpha value is -3.56. The molecule has 0 saturated heterocycles. The molecule has 2 N–H and O–H groups in total. The summed E-state index contributed by atoms with van der Waals surface area (Å²) in [6.45, 7) is 1.91. The van der Waals surface area contributed by atoms with Gasteiger partial charge in [-0.25, -0.2) is 9.37 Å². The molecule has 1 aliphatic rings. The quantitative estimate of drug-likeness (QED) is 0.617. The zero-order valence-electron chi connectivity index (χ0n) is 17.8. The second-order valence-corrected chi connectivity index (χ2v) is 7.98. The maximum atomic E-state index is 14.1. The van der Waals surface area contributed by atoms with E-state index in [0.29, 0.717) is 34.5 Å². The van der Waals surface area contributed by atoms with E-state index in [1.54, 1.807) is 30.3 Å². The lowest BCUT2D eigenvalue weighted by atomic mass is 9.92. The standard InChI is InChI=1S/C26H24FN3O2/c1-17-10-11-19(26(32)30-23-8-4-5-9-25(23)31)14-18(17)12-13-20-15-28-16-24(29-20)21-6-2-3-7-22(21)27/h2-3,6-7,10-11,14-16,23,25,31H,4-5,8-9H2,1H3,(H,30,32)/t23-,25-/m0/s1. The van der Waals surface area contributed by atoms with Crippen molar-refractivity contribution in [3.05, 3.63) is 83.1 Å². The molecule has 4 rings (SSSR count). The van der Waals surface area contributed by atoms with Crippen LogP contribution in [0.3, 0.4) is 0 Å². The third-order valence-electron chi connectivity index (χ3n) is 5.66. The van der Waals surface area contributed by atoms with Gasteiger partial charge in [-0.3, -0.25) is 9.78 Å². The van der Waals surface area contributed by atoms with Crippen molar-refractivity contribution in [2.24, 2.45) is 0 Å². The summed E-state index contributed by atoms with van der Waals surface area (Å²) in [5.74, 6) is 5.43. The third kappa shape index (κ3) is 5.01. The molecule has 0 unspecified atom stereocenters. The molecule has 162 valence electrons. The van der Waals surface area contributed by atoms with Crippen LogP contribution < -0.4 is 5.32 Å². The van der Waals surface area contributed by atoms with Gasteiger partial charge in [-0.05, 0) is 55.5 Å². The molecule has 2 atom stereocenters. The van der Waals surface area contributed by atoms with Crippen LogP contribution in [0, 0.1) is 24.6 Å². The van der Waals surface area contributed by atoms with Crippen LogP contribution in [0.25, 0.3) is 11.3 Å². The van der Waals surface area contributed by atoms with E-state index in [9.17, 15) is 14.3 Å². The lowest BCUT2D eigenvalue weighted by Gasteiger charge is -2.28. The van der Waals surface area contributed by atoms with Crippen LogP contribution in [0.4, 0.5) is 4.39 Å². The number of aromatic nitrogens is 2. The van der Waals surface area contributed by atoms with Crippen molar-refractivity contribution in [3.8, 4) is 23.1 Å². The van der Waals surface area contributed by atoms with Crippen LogP contribution >= 0.6 is 0 Å². The van der Waals surface area contributed by atoms with E-state index < -0.39 is 6.10 Å². The SMILES string of the molecule is Cc1ccc(C(=O)N[C@H]2CCCC[C@@H]2O)cc1C#Cc1cncc(-c2ccccc2F)n1. The number of nitrogens with zero attached hydrogens (tertiary/aromatic N) is 2. The number of aliphatic hydroxyl groups is 1. The molecule has 1 heterocycles. The average Bonchev–Trinajstić information content (AvgIpc) is 2.80. The molecule has 1 aliphatic carbocycles. The summed E-state index contributed by atoms with van der Waals surface area (Å²) in [6.07, 6.45) is 5.99. The number of benzene rings is 2. The van der Waals surface area contributed by atoms with Crippen LogP contribution in [-0.4, -0.2) is 33.1 Å². The second kappa shape index (κ2) is 9.71. The zero-order valence-corrected chi connectivity index (χ0v) is 17.8. The summed E-state index contributed by atoms with van der Waals surface area (Å²) >= 11 is 0. The number of rotatable bonds is 3. The van der Waals surface area contributed by atoms with E-state index in [1.165, 1.54) is 18.5 Å². The highest BCUT2D eigenvalue weighted by atomic mass is 19.1. The lowest BCUT2D eigenvalue weighted by Crippen LogP contribution is -2.45. The largest absolute Gasteiger partial charge is 0.391 e. The van der Waals surface area contributed by atoms with E-state index in [1.807, 2.05) is 13.0 Å². The smallest absolute Gasteiger partial charge is 0.251 e. The molecule has 0 spiro atoms. The van der Waals surface area contributed by atoms with E-state index in [0.717, 1.165) is 24.8 Å². The Morgan fingerprint density at radius 3 is 2.75 bits per heavy atom. The van der Waals surface area contributed by atoms with E-state index in [-0.39, 0.29) is 17.8 Å². The van der Waals surface area contributed by atoms with Crippen molar-refractivity contribution < 1.29 is 14.3 Å². The van der Waals surface area contributed by atoms with Crippen molar-refractivity contribution in [2.75, 3.05) is 0 Å². The van der Waals surface area contributed by atoms with Gasteiger partial charge in [0.15, 0.2) is 0 Å². The van der Waals surface area contributed by atoms with Gasteiger partial charge in [0.05, 0.1) is 30.2 Å². The fraction of sp³-hybridized carbons (Fsp3) is 0.269. The number of aryl methyl sites for hydroxylation is 1. The Labute approximate surface area is 186 Å². The predicted octanol–water partition coefficient (Wildman–Crippen LogP) is 4.02. The minimum atomic E-state index is -0.502. The van der Waals surface area contributed by atoms with Crippen LogP contribution in [0.15, 0.2) is 54.9 Å². The molecule has 1 fully saturated rings. The normalized spacial score (nSPS) is 17.8. The maximum Gasteiger partial charge on any atom is 0.251 e. The van der Waals surface area contributed by atoms with Crippen molar-refractivity contribution in [1.29, 1.82) is 0 Å². The molecule has 0 aliphatic heterocycles. The molecular weight excluding hydrogens is 405 g/mol. The van der Waals surface area contributed by atoms with Gasteiger partial charge in [-0.15, -0.1) is 0 Å². The highest BCUT2D eigenvalue weighted by Gasteiger charge is 2.24. The van der Waals surface area contributed by atoms with E-state index >= 15 is 0 Å². The Morgan fingerprint density at radius 2 is 1.94 bits per heavy atom. The summed E-state index contributed by atoms with van der Waals surface area (Å²) in [6, 6.07) is 11.5. The summed E-state index contributed by atoms with van der Waals surface area (Å²) < 4.78 is 14.1. The van der Waals surface area contributed by atoms with Gasteiger partial charge < -0.3 is 10.4 Å². The molecule has 6 heteroatoms. The van der Waals surface area contributed by atoms with Gasteiger partial charge in [-0.1, -0.05) is 37.0 Å². The van der Waals surface area contributed by atoms with E-state index in [4.69, 9.17) is 0 Å². The number of amides is 1. The Morgan fingerprint density at radius 1 is 1.12 bits per heavy atom. The zero-order chi connectivity index (χ0) is 22.5. The first-order valence-electron chi connectivity index (χ1n) is 10.7. The first kappa shape index (κ1) is 21.7. The van der Waals surface area contributed by atoms with Crippen LogP contribution in [-0.2, 0) is 0 Å². The predicted molar refractivity (Wildman–Crippen MR) is 120 cm³/mol. The van der Waals surface area contributed by atoms with Crippen LogP contribution in [0.5, 0.6) is 0 Å². The number of hydrogen-bond donors (Lipinski definition) is 2. The minimum absolute atomic E-state index is 0.219. The van der Waals surface area contributed by atoms with Gasteiger partial charge in [0, 0.05) is 16.7 Å². The Kier molecular flexibility index (Phi) is 6.58. The number of carbonyl (C=O) groups excluding carboxylic acids is 1. The average molecular weight is 429 g/mol. The molecule has 0 bridgehead atoms. The van der Waals surface area contributed by atoms with Crippen LogP contribution in [0.1, 0.15) is 52.9 Å². The molecule has 2 aromatic carbocycles. The summed E-state index contributed by atoms with van der Waals surface area (Å²) in [4.78, 5) is 21.2. The number of carbonyl (C=O) groups is 1. The van der Waals surface area contributed by atoms with Crippen molar-refractivity contribution in [1.82, 2.24) is 15.3 Å². The molecule has 0 radical (unpaired) electrons. The minimum Gasteiger partial charge on any atom is -0.391 e. The molecule has 3 aromatic rings. The van der Waals surface area contributed by atoms with Gasteiger partial charge in [0.2, 0.25) is 0 Å². The van der Waals surface area contributed by atoms with Gasteiger partial charge in [-0.2, -0.15) is 0 Å². The molecule has 1 amide bonds. The molecule has 1 aromatic heterocycles. The van der Waals surface area contributed by atoms with Crippen molar-refractivity contribution >= 4 is 5.91 Å². The lowest BCUT2D eigenvalue weighted by molar-refractivity contribution is 0.0717. The summed E-state index contributed by atoms with van der Waals surface area (Å²) in [7, 11) is 0. The number of hydrogen-bond acceptors (Lipinski definition) is 4. The highest BCUT2D eigenvalue weighted by molar-refractivity contribution is 5.95. The first-order valence-corrected chi connectivity index (χ1v) is 10.7. The number of aliphatic hydroxyl groups excluding tert-OH is 1. The fourth-order valence-corrected chi connectivity index (χ4v) is 3.79. The molecule has 5 nitrogen and oxygen atoms in total. The fourth-order valence-electron chi connectivity index (χ4n) is 3.79. The Balaban J connectivity index is 1.55. The molecular formula is C26H24FN3O2. The van der Waals surface area contributed by atoms with Gasteiger partial charge in [0.25, 0.3) is 5.91 Å². The van der Waals surface area contributed by atoms with Gasteiger partial charge in [0.1, 0.15) is 11.5 Å². The topological polar surface area (TPSA) is 75.1 Å². The first-order chi connectivity index (χ1) is 15.5. The number of nitrogens with one attached hydrogen (secondary N) is 1. The Bertz CT molecular complexity index is 1200. The van der Waals surface area contributed by atoms with E-state index in [2.05, 4.69) is 27.1 Å². The summed E-state index contributed by atoms with van der Waals surface area (Å²) in [5, 5.41) is 13.1. The monoisotopic (exact) mass is 429 g/mol. The van der Waals surface area contributed by atoms with Crippen molar-refractivity contribution in [2.45, 2.75) is 44.8 Å². The van der Waals surface area contributed by atoms with Crippen molar-refractivity contribution in [3.63, 3.8) is 0 Å². The second-order valence-electron chi connectivity index (χ2n) is 7.98. The molecule has 32 heavy (non-hydrogen) atoms.